The van der Waals surface area contributed by atoms with Crippen molar-refractivity contribution >= 4 is 0 Å². The number of rotatable bonds is 3. The highest BCUT2D eigenvalue weighted by atomic mass is 16.3. The molecule has 0 atom stereocenters. The van der Waals surface area contributed by atoms with Gasteiger partial charge in [-0.3, -0.25) is 0 Å². The highest BCUT2D eigenvalue weighted by Gasteiger charge is 2.35. The zero-order chi connectivity index (χ0) is 13.8. The maximum absolute atomic E-state index is 13.7. The van der Waals surface area contributed by atoms with Gasteiger partial charge in [0.15, 0.2) is 5.60 Å². The third kappa shape index (κ3) is 2.13. The first kappa shape index (κ1) is 12.6. The molecule has 0 N–H and O–H groups in total. The van der Waals surface area contributed by atoms with Crippen LogP contribution in [0.4, 0.5) is 0 Å². The predicted molar refractivity (Wildman–Crippen MR) is 79.9 cm³/mol. The highest BCUT2D eigenvalue weighted by molar-refractivity contribution is 5.46. The molecule has 0 fully saturated rings. The minimum atomic E-state index is -1.37. The van der Waals surface area contributed by atoms with Gasteiger partial charge in [-0.2, -0.15) is 0 Å². The first-order chi connectivity index (χ1) is 9.82. The summed E-state index contributed by atoms with van der Waals surface area (Å²) in [6.45, 7) is 0. The molecule has 20 heavy (non-hydrogen) atoms. The van der Waals surface area contributed by atoms with Gasteiger partial charge in [0.1, 0.15) is 0 Å². The van der Waals surface area contributed by atoms with Crippen LogP contribution >= 0.6 is 0 Å². The molecule has 0 aromatic heterocycles. The summed E-state index contributed by atoms with van der Waals surface area (Å²) in [4.78, 5) is 0. The van der Waals surface area contributed by atoms with E-state index in [9.17, 15) is 5.11 Å². The Labute approximate surface area is 119 Å². The van der Waals surface area contributed by atoms with Crippen LogP contribution in [-0.2, 0) is 10.7 Å². The van der Waals surface area contributed by atoms with Gasteiger partial charge in [-0.05, 0) is 16.7 Å². The second kappa shape index (κ2) is 5.32. The predicted octanol–water partition coefficient (Wildman–Crippen LogP) is 4.41. The van der Waals surface area contributed by atoms with Crippen molar-refractivity contribution in [3.63, 3.8) is 0 Å². The fourth-order valence-electron chi connectivity index (χ4n) is 2.52. The second-order valence-electron chi connectivity index (χ2n) is 4.78. The molecular formula is C19H15O. The third-order valence-corrected chi connectivity index (χ3v) is 3.54. The van der Waals surface area contributed by atoms with Crippen molar-refractivity contribution in [3.05, 3.63) is 108 Å². The van der Waals surface area contributed by atoms with Crippen LogP contribution in [0.15, 0.2) is 91.0 Å². The Kier molecular flexibility index (Phi) is 3.36. The molecule has 1 heteroatoms. The summed E-state index contributed by atoms with van der Waals surface area (Å²) in [7, 11) is 0. The van der Waals surface area contributed by atoms with E-state index in [4.69, 9.17) is 0 Å². The van der Waals surface area contributed by atoms with Gasteiger partial charge < -0.3 is 0 Å². The van der Waals surface area contributed by atoms with Gasteiger partial charge >= 0.3 is 0 Å². The largest absolute Gasteiger partial charge is 0.214 e. The Bertz CT molecular complexity index is 563. The van der Waals surface area contributed by atoms with Crippen LogP contribution in [0.5, 0.6) is 0 Å². The number of hydrogen-bond acceptors (Lipinski definition) is 0. The Morgan fingerprint density at radius 2 is 0.700 bits per heavy atom. The summed E-state index contributed by atoms with van der Waals surface area (Å²) in [6.07, 6.45) is 0. The lowest BCUT2D eigenvalue weighted by atomic mass is 9.80. The van der Waals surface area contributed by atoms with Crippen molar-refractivity contribution in [3.8, 4) is 0 Å². The lowest BCUT2D eigenvalue weighted by Gasteiger charge is -2.27. The molecule has 0 heterocycles. The van der Waals surface area contributed by atoms with Gasteiger partial charge in [-0.25, -0.2) is 5.11 Å². The minimum Gasteiger partial charge on any atom is -0.214 e. The minimum absolute atomic E-state index is 0.761. The van der Waals surface area contributed by atoms with Crippen LogP contribution in [0.2, 0.25) is 0 Å². The summed E-state index contributed by atoms with van der Waals surface area (Å²) >= 11 is 0. The molecule has 0 aliphatic heterocycles. The number of hydrogen-bond donors (Lipinski definition) is 0. The van der Waals surface area contributed by atoms with Crippen LogP contribution < -0.4 is 0 Å². The fourth-order valence-corrected chi connectivity index (χ4v) is 2.52. The first-order valence-electron chi connectivity index (χ1n) is 6.69. The highest BCUT2D eigenvalue weighted by Crippen LogP contribution is 2.36. The van der Waals surface area contributed by atoms with Gasteiger partial charge in [0.25, 0.3) is 0 Å². The van der Waals surface area contributed by atoms with E-state index in [1.165, 1.54) is 0 Å². The van der Waals surface area contributed by atoms with E-state index in [1.54, 1.807) is 0 Å². The molecular weight excluding hydrogens is 244 g/mol. The van der Waals surface area contributed by atoms with E-state index in [1.807, 2.05) is 91.0 Å². The fraction of sp³-hybridized carbons (Fsp3) is 0.0526. The summed E-state index contributed by atoms with van der Waals surface area (Å²) in [5, 5.41) is 13.7. The molecule has 0 aliphatic rings. The van der Waals surface area contributed by atoms with Gasteiger partial charge in [-0.15, -0.1) is 0 Å². The van der Waals surface area contributed by atoms with Crippen LogP contribution in [-0.4, -0.2) is 0 Å². The average Bonchev–Trinajstić information content (AvgIpc) is 2.56. The standard InChI is InChI=1S/C19H15O/c20-19(16-10-4-1-5-11-16,17-12-6-2-7-13-17)18-14-8-3-9-15-18/h1-15H. The Morgan fingerprint density at radius 3 is 0.950 bits per heavy atom. The van der Waals surface area contributed by atoms with Gasteiger partial charge in [0, 0.05) is 0 Å². The third-order valence-electron chi connectivity index (χ3n) is 3.54. The molecule has 3 rings (SSSR count). The Morgan fingerprint density at radius 1 is 0.450 bits per heavy atom. The molecule has 0 unspecified atom stereocenters. The summed E-state index contributed by atoms with van der Waals surface area (Å²) in [5.41, 5.74) is 0.913. The lowest BCUT2D eigenvalue weighted by molar-refractivity contribution is 0.0411. The number of benzene rings is 3. The van der Waals surface area contributed by atoms with Crippen LogP contribution in [0.25, 0.3) is 0 Å². The normalized spacial score (nSPS) is 11.2. The molecule has 3 aromatic rings. The van der Waals surface area contributed by atoms with Crippen molar-refractivity contribution in [1.82, 2.24) is 0 Å². The lowest BCUT2D eigenvalue weighted by Crippen LogP contribution is -2.27. The van der Waals surface area contributed by atoms with E-state index in [-0.39, 0.29) is 0 Å². The quantitative estimate of drug-likeness (QED) is 0.621. The SMILES string of the molecule is [O]C(c1ccccc1)(c1ccccc1)c1ccccc1. The van der Waals surface area contributed by atoms with Crippen LogP contribution in [0.3, 0.4) is 0 Å². The molecule has 0 aliphatic carbocycles. The van der Waals surface area contributed by atoms with Crippen molar-refractivity contribution < 1.29 is 5.11 Å². The molecule has 0 saturated heterocycles. The van der Waals surface area contributed by atoms with E-state index < -0.39 is 5.60 Å². The van der Waals surface area contributed by atoms with Crippen molar-refractivity contribution in [2.24, 2.45) is 0 Å². The van der Waals surface area contributed by atoms with E-state index in [2.05, 4.69) is 0 Å². The molecule has 0 amide bonds. The topological polar surface area (TPSA) is 19.9 Å². The zero-order valence-corrected chi connectivity index (χ0v) is 11.1. The smallest absolute Gasteiger partial charge is 0.179 e. The summed E-state index contributed by atoms with van der Waals surface area (Å²) in [5.74, 6) is 0. The van der Waals surface area contributed by atoms with E-state index in [0.717, 1.165) is 16.7 Å². The van der Waals surface area contributed by atoms with Crippen molar-refractivity contribution in [1.29, 1.82) is 0 Å². The maximum Gasteiger partial charge on any atom is 0.179 e. The average molecular weight is 259 g/mol. The van der Waals surface area contributed by atoms with Crippen molar-refractivity contribution in [2.45, 2.75) is 5.60 Å². The Hall–Kier alpha value is -2.38. The Balaban J connectivity index is 2.24. The van der Waals surface area contributed by atoms with Crippen LogP contribution in [0.1, 0.15) is 16.7 Å². The zero-order valence-electron chi connectivity index (χ0n) is 11.1. The molecule has 0 spiro atoms. The van der Waals surface area contributed by atoms with Crippen LogP contribution in [0, 0.1) is 0 Å². The van der Waals surface area contributed by atoms with E-state index >= 15 is 0 Å². The monoisotopic (exact) mass is 259 g/mol. The molecule has 1 nitrogen and oxygen atoms in total. The molecule has 0 saturated carbocycles. The maximum atomic E-state index is 13.7. The first-order valence-corrected chi connectivity index (χ1v) is 6.69. The van der Waals surface area contributed by atoms with Gasteiger partial charge in [0.2, 0.25) is 0 Å². The van der Waals surface area contributed by atoms with Crippen molar-refractivity contribution in [2.75, 3.05) is 0 Å². The van der Waals surface area contributed by atoms with Gasteiger partial charge in [-0.1, -0.05) is 91.0 Å². The molecule has 3 aromatic carbocycles. The molecule has 1 radical (unpaired) electrons. The molecule has 0 bridgehead atoms. The molecule has 97 valence electrons. The summed E-state index contributed by atoms with van der Waals surface area (Å²) < 4.78 is 0. The summed E-state index contributed by atoms with van der Waals surface area (Å²) in [6, 6.07) is 28.6. The second-order valence-corrected chi connectivity index (χ2v) is 4.78. The van der Waals surface area contributed by atoms with E-state index in [0.29, 0.717) is 0 Å². The van der Waals surface area contributed by atoms with Gasteiger partial charge in [0.05, 0.1) is 0 Å².